The van der Waals surface area contributed by atoms with Crippen LogP contribution < -0.4 is 0 Å². The molecule has 2 atom stereocenters. The molecule has 3 nitrogen and oxygen atoms in total. The van der Waals surface area contributed by atoms with Crippen LogP contribution in [0, 0.1) is 5.92 Å². The number of piperidine rings is 1. The van der Waals surface area contributed by atoms with E-state index in [1.165, 1.54) is 0 Å². The molecule has 1 aliphatic heterocycles. The molecule has 0 bridgehead atoms. The molecule has 0 radical (unpaired) electrons. The largest absolute Gasteiger partial charge is 0.393 e. The number of hydrogen-bond donors (Lipinski definition) is 1. The van der Waals surface area contributed by atoms with Crippen LogP contribution in [0.3, 0.4) is 0 Å². The minimum Gasteiger partial charge on any atom is -0.393 e. The van der Waals surface area contributed by atoms with Crippen molar-refractivity contribution >= 4 is 0 Å². The summed E-state index contributed by atoms with van der Waals surface area (Å²) in [4.78, 5) is 2.37. The van der Waals surface area contributed by atoms with Gasteiger partial charge in [-0.05, 0) is 26.2 Å². The van der Waals surface area contributed by atoms with Crippen LogP contribution in [-0.2, 0) is 4.74 Å². The van der Waals surface area contributed by atoms with E-state index < -0.39 is 0 Å². The fraction of sp³-hybridized carbons (Fsp3) is 1.00. The first-order valence-corrected chi connectivity index (χ1v) is 5.61. The molecule has 14 heavy (non-hydrogen) atoms. The molecule has 84 valence electrons. The molecule has 0 aromatic rings. The molecule has 0 saturated carbocycles. The maximum absolute atomic E-state index is 9.55. The maximum Gasteiger partial charge on any atom is 0.0596 e. The molecular weight excluding hydrogens is 178 g/mol. The van der Waals surface area contributed by atoms with Gasteiger partial charge in [0.1, 0.15) is 0 Å². The van der Waals surface area contributed by atoms with E-state index >= 15 is 0 Å². The highest BCUT2D eigenvalue weighted by Crippen LogP contribution is 2.15. The second-order valence-corrected chi connectivity index (χ2v) is 4.55. The van der Waals surface area contributed by atoms with Gasteiger partial charge in [-0.2, -0.15) is 0 Å². The van der Waals surface area contributed by atoms with Crippen molar-refractivity contribution in [1.82, 2.24) is 4.90 Å². The number of nitrogens with zero attached hydrogens (tertiary/aromatic N) is 1. The summed E-state index contributed by atoms with van der Waals surface area (Å²) in [5, 5.41) is 9.55. The van der Waals surface area contributed by atoms with Gasteiger partial charge < -0.3 is 14.7 Å². The highest BCUT2D eigenvalue weighted by molar-refractivity contribution is 4.76. The Morgan fingerprint density at radius 3 is 2.79 bits per heavy atom. The number of hydrogen-bond acceptors (Lipinski definition) is 3. The molecule has 3 heteroatoms. The van der Waals surface area contributed by atoms with Gasteiger partial charge >= 0.3 is 0 Å². The Hall–Kier alpha value is -0.120. The van der Waals surface area contributed by atoms with Crippen LogP contribution in [0.5, 0.6) is 0 Å². The van der Waals surface area contributed by atoms with E-state index in [4.69, 9.17) is 4.74 Å². The lowest BCUT2D eigenvalue weighted by Gasteiger charge is -2.34. The first-order valence-electron chi connectivity index (χ1n) is 5.61. The zero-order chi connectivity index (χ0) is 10.6. The SMILES string of the molecule is CC(C)OCCN1CCC(O)C(C)C1. The van der Waals surface area contributed by atoms with E-state index in [1.807, 2.05) is 0 Å². The van der Waals surface area contributed by atoms with Gasteiger partial charge in [0.05, 0.1) is 18.8 Å². The van der Waals surface area contributed by atoms with E-state index in [1.54, 1.807) is 0 Å². The third-order valence-corrected chi connectivity index (χ3v) is 2.80. The van der Waals surface area contributed by atoms with Crippen LogP contribution in [0.25, 0.3) is 0 Å². The summed E-state index contributed by atoms with van der Waals surface area (Å²) >= 11 is 0. The van der Waals surface area contributed by atoms with Crippen molar-refractivity contribution in [2.24, 2.45) is 5.92 Å². The predicted molar refractivity (Wildman–Crippen MR) is 57.3 cm³/mol. The predicted octanol–water partition coefficient (Wildman–Crippen LogP) is 1.11. The molecule has 1 heterocycles. The van der Waals surface area contributed by atoms with Crippen molar-refractivity contribution < 1.29 is 9.84 Å². The van der Waals surface area contributed by atoms with Crippen LogP contribution in [0.4, 0.5) is 0 Å². The van der Waals surface area contributed by atoms with Crippen LogP contribution in [0.1, 0.15) is 27.2 Å². The second kappa shape index (κ2) is 5.69. The minimum atomic E-state index is -0.0998. The smallest absolute Gasteiger partial charge is 0.0596 e. The summed E-state index contributed by atoms with van der Waals surface area (Å²) in [6.45, 7) is 10.0. The molecular formula is C11H23NO2. The first kappa shape index (κ1) is 12.0. The third-order valence-electron chi connectivity index (χ3n) is 2.80. The Bertz CT molecular complexity index is 161. The Labute approximate surface area is 87.1 Å². The van der Waals surface area contributed by atoms with Gasteiger partial charge in [0.25, 0.3) is 0 Å². The minimum absolute atomic E-state index is 0.0998. The summed E-state index contributed by atoms with van der Waals surface area (Å²) in [5.74, 6) is 0.405. The Kier molecular flexibility index (Phi) is 4.85. The summed E-state index contributed by atoms with van der Waals surface area (Å²) in [6, 6.07) is 0. The number of ether oxygens (including phenoxy) is 1. The van der Waals surface area contributed by atoms with E-state index in [-0.39, 0.29) is 6.10 Å². The first-order chi connectivity index (χ1) is 6.59. The molecule has 1 saturated heterocycles. The molecule has 0 aromatic carbocycles. The van der Waals surface area contributed by atoms with Gasteiger partial charge in [-0.25, -0.2) is 0 Å². The zero-order valence-corrected chi connectivity index (χ0v) is 9.57. The monoisotopic (exact) mass is 201 g/mol. The number of likely N-dealkylation sites (tertiary alicyclic amines) is 1. The quantitative estimate of drug-likeness (QED) is 0.739. The average Bonchev–Trinajstić information content (AvgIpc) is 2.10. The van der Waals surface area contributed by atoms with Crippen LogP contribution in [-0.4, -0.2) is 48.5 Å². The fourth-order valence-electron chi connectivity index (χ4n) is 1.84. The Morgan fingerprint density at radius 2 is 2.21 bits per heavy atom. The maximum atomic E-state index is 9.55. The van der Waals surface area contributed by atoms with Gasteiger partial charge in [-0.3, -0.25) is 0 Å². The molecule has 1 fully saturated rings. The lowest BCUT2D eigenvalue weighted by atomic mass is 9.97. The summed E-state index contributed by atoms with van der Waals surface area (Å²) in [5.41, 5.74) is 0. The lowest BCUT2D eigenvalue weighted by molar-refractivity contribution is 0.0103. The van der Waals surface area contributed by atoms with Gasteiger partial charge in [0, 0.05) is 19.6 Å². The Morgan fingerprint density at radius 1 is 1.50 bits per heavy atom. The zero-order valence-electron chi connectivity index (χ0n) is 9.57. The molecule has 2 unspecified atom stereocenters. The van der Waals surface area contributed by atoms with Crippen molar-refractivity contribution in [3.05, 3.63) is 0 Å². The van der Waals surface area contributed by atoms with Gasteiger partial charge in [-0.15, -0.1) is 0 Å². The van der Waals surface area contributed by atoms with E-state index in [0.717, 1.165) is 32.7 Å². The van der Waals surface area contributed by atoms with Crippen LogP contribution >= 0.6 is 0 Å². The summed E-state index contributed by atoms with van der Waals surface area (Å²) < 4.78 is 5.50. The van der Waals surface area contributed by atoms with Crippen molar-refractivity contribution in [1.29, 1.82) is 0 Å². The van der Waals surface area contributed by atoms with E-state index in [2.05, 4.69) is 25.7 Å². The Balaban J connectivity index is 2.13. The molecule has 1 rings (SSSR count). The van der Waals surface area contributed by atoms with Crippen molar-refractivity contribution in [3.63, 3.8) is 0 Å². The van der Waals surface area contributed by atoms with E-state index in [9.17, 15) is 5.11 Å². The second-order valence-electron chi connectivity index (χ2n) is 4.55. The summed E-state index contributed by atoms with van der Waals surface area (Å²) in [6.07, 6.45) is 1.13. The van der Waals surface area contributed by atoms with Gasteiger partial charge in [0.2, 0.25) is 0 Å². The highest BCUT2D eigenvalue weighted by Gasteiger charge is 2.23. The highest BCUT2D eigenvalue weighted by atomic mass is 16.5. The molecule has 0 aliphatic carbocycles. The average molecular weight is 201 g/mol. The number of aliphatic hydroxyl groups excluding tert-OH is 1. The van der Waals surface area contributed by atoms with Gasteiger partial charge in [0.15, 0.2) is 0 Å². The number of aliphatic hydroxyl groups is 1. The van der Waals surface area contributed by atoms with Crippen molar-refractivity contribution in [3.8, 4) is 0 Å². The van der Waals surface area contributed by atoms with Crippen molar-refractivity contribution in [2.75, 3.05) is 26.2 Å². The summed E-state index contributed by atoms with van der Waals surface area (Å²) in [7, 11) is 0. The van der Waals surface area contributed by atoms with Gasteiger partial charge in [-0.1, -0.05) is 6.92 Å². The number of rotatable bonds is 4. The van der Waals surface area contributed by atoms with Crippen LogP contribution in [0.15, 0.2) is 0 Å². The molecule has 1 aliphatic rings. The molecule has 0 aromatic heterocycles. The fourth-order valence-corrected chi connectivity index (χ4v) is 1.84. The lowest BCUT2D eigenvalue weighted by Crippen LogP contribution is -2.43. The molecule has 0 spiro atoms. The van der Waals surface area contributed by atoms with E-state index in [0.29, 0.717) is 12.0 Å². The normalized spacial score (nSPS) is 29.8. The molecule has 1 N–H and O–H groups in total. The van der Waals surface area contributed by atoms with Crippen LogP contribution in [0.2, 0.25) is 0 Å². The topological polar surface area (TPSA) is 32.7 Å². The molecule has 0 amide bonds. The standard InChI is InChI=1S/C11H23NO2/c1-9(2)14-7-6-12-5-4-11(13)10(3)8-12/h9-11,13H,4-8H2,1-3H3. The van der Waals surface area contributed by atoms with Crippen molar-refractivity contribution in [2.45, 2.75) is 39.4 Å². The third kappa shape index (κ3) is 3.95.